The van der Waals surface area contributed by atoms with Crippen molar-refractivity contribution < 1.29 is 4.79 Å². The first kappa shape index (κ1) is 16.0. The number of anilines is 1. The minimum absolute atomic E-state index is 0.0455. The van der Waals surface area contributed by atoms with E-state index >= 15 is 0 Å². The lowest BCUT2D eigenvalue weighted by Gasteiger charge is -2.08. The summed E-state index contributed by atoms with van der Waals surface area (Å²) >= 11 is 5.89. The Bertz CT molecular complexity index is 917. The number of nitrogens with one attached hydrogen (secondary N) is 1. The van der Waals surface area contributed by atoms with Gasteiger partial charge in [-0.1, -0.05) is 35.9 Å². The zero-order valence-corrected chi connectivity index (χ0v) is 13.5. The summed E-state index contributed by atoms with van der Waals surface area (Å²) in [7, 11) is 0. The van der Waals surface area contributed by atoms with Crippen molar-refractivity contribution in [3.05, 3.63) is 99.4 Å². The van der Waals surface area contributed by atoms with E-state index < -0.39 is 0 Å². The van der Waals surface area contributed by atoms with E-state index in [0.717, 1.165) is 5.56 Å². The summed E-state index contributed by atoms with van der Waals surface area (Å²) < 4.78 is 1.62. The molecule has 0 fully saturated rings. The maximum atomic E-state index is 12.2. The number of amides is 1. The van der Waals surface area contributed by atoms with E-state index in [2.05, 4.69) is 5.32 Å². The van der Waals surface area contributed by atoms with Crippen LogP contribution in [-0.4, -0.2) is 10.5 Å². The predicted molar refractivity (Wildman–Crippen MR) is 95.7 cm³/mol. The highest BCUT2D eigenvalue weighted by atomic mass is 35.5. The van der Waals surface area contributed by atoms with Crippen molar-refractivity contribution >= 4 is 23.2 Å². The molecule has 0 saturated heterocycles. The summed E-state index contributed by atoms with van der Waals surface area (Å²) in [6.45, 7) is 0.488. The highest BCUT2D eigenvalue weighted by molar-refractivity contribution is 6.31. The monoisotopic (exact) mass is 338 g/mol. The van der Waals surface area contributed by atoms with Crippen LogP contribution in [0.1, 0.15) is 15.9 Å². The summed E-state index contributed by atoms with van der Waals surface area (Å²) in [6, 6.07) is 19.2. The fraction of sp³-hybridized carbons (Fsp3) is 0.0526. The molecule has 5 heteroatoms. The van der Waals surface area contributed by atoms with Crippen LogP contribution in [0.15, 0.2) is 77.7 Å². The molecule has 2 aromatic carbocycles. The lowest BCUT2D eigenvalue weighted by molar-refractivity contribution is 0.102. The van der Waals surface area contributed by atoms with Gasteiger partial charge in [0.05, 0.1) is 6.54 Å². The van der Waals surface area contributed by atoms with Gasteiger partial charge in [-0.3, -0.25) is 9.59 Å². The third-order valence-electron chi connectivity index (χ3n) is 3.55. The lowest BCUT2D eigenvalue weighted by atomic mass is 10.1. The van der Waals surface area contributed by atoms with Gasteiger partial charge in [-0.25, -0.2) is 0 Å². The second-order valence-corrected chi connectivity index (χ2v) is 5.76. The second kappa shape index (κ2) is 7.15. The number of halogens is 1. The summed E-state index contributed by atoms with van der Waals surface area (Å²) in [5, 5.41) is 3.34. The first-order valence-electron chi connectivity index (χ1n) is 7.43. The fourth-order valence-electron chi connectivity index (χ4n) is 2.31. The quantitative estimate of drug-likeness (QED) is 0.786. The zero-order valence-electron chi connectivity index (χ0n) is 12.8. The SMILES string of the molecule is O=C(Nc1ccc(Cn2ccccc2=O)cc1)c1cccc(Cl)c1. The molecule has 0 atom stereocenters. The lowest BCUT2D eigenvalue weighted by Crippen LogP contribution is -2.18. The van der Waals surface area contributed by atoms with Crippen molar-refractivity contribution in [3.8, 4) is 0 Å². The smallest absolute Gasteiger partial charge is 0.255 e. The summed E-state index contributed by atoms with van der Waals surface area (Å²) in [6.07, 6.45) is 1.75. The Kier molecular flexibility index (Phi) is 4.77. The van der Waals surface area contributed by atoms with Crippen LogP contribution < -0.4 is 10.9 Å². The van der Waals surface area contributed by atoms with Gasteiger partial charge < -0.3 is 9.88 Å². The van der Waals surface area contributed by atoms with E-state index in [-0.39, 0.29) is 11.5 Å². The molecule has 0 spiro atoms. The molecule has 0 radical (unpaired) electrons. The number of nitrogens with zero attached hydrogens (tertiary/aromatic N) is 1. The molecule has 1 aromatic heterocycles. The van der Waals surface area contributed by atoms with Gasteiger partial charge in [-0.05, 0) is 42.0 Å². The first-order valence-corrected chi connectivity index (χ1v) is 7.81. The number of aromatic nitrogens is 1. The number of rotatable bonds is 4. The standard InChI is InChI=1S/C19H15ClN2O2/c20-16-5-3-4-15(12-16)19(24)21-17-9-7-14(8-10-17)13-22-11-2-1-6-18(22)23/h1-12H,13H2,(H,21,24). The first-order chi connectivity index (χ1) is 11.6. The third kappa shape index (κ3) is 3.91. The topological polar surface area (TPSA) is 51.1 Å². The van der Waals surface area contributed by atoms with Gasteiger partial charge >= 0.3 is 0 Å². The summed E-state index contributed by atoms with van der Waals surface area (Å²) in [4.78, 5) is 23.9. The number of carbonyl (C=O) groups is 1. The van der Waals surface area contributed by atoms with E-state index in [4.69, 9.17) is 11.6 Å². The molecule has 3 aromatic rings. The number of benzene rings is 2. The molecular weight excluding hydrogens is 324 g/mol. The van der Waals surface area contributed by atoms with Gasteiger partial charge in [0.25, 0.3) is 11.5 Å². The van der Waals surface area contributed by atoms with Gasteiger partial charge in [0.15, 0.2) is 0 Å². The average Bonchev–Trinajstić information content (AvgIpc) is 2.58. The molecule has 0 aliphatic rings. The van der Waals surface area contributed by atoms with Crippen LogP contribution in [0.4, 0.5) is 5.69 Å². The minimum atomic E-state index is -0.218. The van der Waals surface area contributed by atoms with Crippen molar-refractivity contribution in [2.75, 3.05) is 5.32 Å². The van der Waals surface area contributed by atoms with Crippen molar-refractivity contribution in [3.63, 3.8) is 0 Å². The zero-order chi connectivity index (χ0) is 16.9. The van der Waals surface area contributed by atoms with Crippen molar-refractivity contribution in [1.29, 1.82) is 0 Å². The maximum absolute atomic E-state index is 12.2. The largest absolute Gasteiger partial charge is 0.322 e. The fourth-order valence-corrected chi connectivity index (χ4v) is 2.50. The summed E-state index contributed by atoms with van der Waals surface area (Å²) in [5.41, 5.74) is 2.12. The molecule has 1 amide bonds. The van der Waals surface area contributed by atoms with E-state index in [1.807, 2.05) is 30.3 Å². The molecule has 120 valence electrons. The van der Waals surface area contributed by atoms with E-state index in [1.165, 1.54) is 6.07 Å². The van der Waals surface area contributed by atoms with Crippen LogP contribution in [0.3, 0.4) is 0 Å². The van der Waals surface area contributed by atoms with Gasteiger partial charge in [-0.2, -0.15) is 0 Å². The van der Waals surface area contributed by atoms with Crippen molar-refractivity contribution in [2.24, 2.45) is 0 Å². The Morgan fingerprint density at radius 3 is 2.50 bits per heavy atom. The third-order valence-corrected chi connectivity index (χ3v) is 3.79. The molecule has 24 heavy (non-hydrogen) atoms. The molecule has 0 bridgehead atoms. The molecule has 1 N–H and O–H groups in total. The predicted octanol–water partition coefficient (Wildman–Crippen LogP) is 3.80. The Morgan fingerprint density at radius 2 is 1.79 bits per heavy atom. The van der Waals surface area contributed by atoms with E-state index in [0.29, 0.717) is 22.8 Å². The molecule has 0 saturated carbocycles. The van der Waals surface area contributed by atoms with Gasteiger partial charge in [0.1, 0.15) is 0 Å². The molecule has 1 heterocycles. The van der Waals surface area contributed by atoms with Crippen LogP contribution in [0, 0.1) is 0 Å². The average molecular weight is 339 g/mol. The molecular formula is C19H15ClN2O2. The van der Waals surface area contributed by atoms with Gasteiger partial charge in [-0.15, -0.1) is 0 Å². The molecule has 0 aliphatic carbocycles. The minimum Gasteiger partial charge on any atom is -0.322 e. The molecule has 0 aliphatic heterocycles. The van der Waals surface area contributed by atoms with Gasteiger partial charge in [0.2, 0.25) is 0 Å². The van der Waals surface area contributed by atoms with Crippen molar-refractivity contribution in [1.82, 2.24) is 4.57 Å². The van der Waals surface area contributed by atoms with Crippen LogP contribution in [-0.2, 0) is 6.54 Å². The Balaban J connectivity index is 1.70. The van der Waals surface area contributed by atoms with E-state index in [1.54, 1.807) is 41.1 Å². The molecule has 4 nitrogen and oxygen atoms in total. The summed E-state index contributed by atoms with van der Waals surface area (Å²) in [5.74, 6) is -0.218. The van der Waals surface area contributed by atoms with Crippen molar-refractivity contribution in [2.45, 2.75) is 6.54 Å². The number of pyridine rings is 1. The van der Waals surface area contributed by atoms with Gasteiger partial charge in [0, 0.05) is 28.5 Å². The number of hydrogen-bond donors (Lipinski definition) is 1. The highest BCUT2D eigenvalue weighted by Crippen LogP contribution is 2.14. The van der Waals surface area contributed by atoms with Crippen LogP contribution >= 0.6 is 11.6 Å². The van der Waals surface area contributed by atoms with E-state index in [9.17, 15) is 9.59 Å². The Hall–Kier alpha value is -2.85. The van der Waals surface area contributed by atoms with Crippen LogP contribution in [0.5, 0.6) is 0 Å². The Morgan fingerprint density at radius 1 is 1.00 bits per heavy atom. The molecule has 3 rings (SSSR count). The Labute approximate surface area is 144 Å². The second-order valence-electron chi connectivity index (χ2n) is 5.33. The molecule has 0 unspecified atom stereocenters. The van der Waals surface area contributed by atoms with Crippen LogP contribution in [0.25, 0.3) is 0 Å². The van der Waals surface area contributed by atoms with Crippen LogP contribution in [0.2, 0.25) is 5.02 Å². The normalized spacial score (nSPS) is 10.4. The number of hydrogen-bond acceptors (Lipinski definition) is 2. The highest BCUT2D eigenvalue weighted by Gasteiger charge is 2.06. The maximum Gasteiger partial charge on any atom is 0.255 e. The number of carbonyl (C=O) groups excluding carboxylic acids is 1.